The maximum atomic E-state index is 12.2. The molecule has 0 aliphatic carbocycles. The van der Waals surface area contributed by atoms with Crippen LogP contribution in [0, 0.1) is 5.41 Å². The molecule has 0 saturated carbocycles. The number of aromatic nitrogens is 2. The van der Waals surface area contributed by atoms with Crippen molar-refractivity contribution in [3.63, 3.8) is 0 Å². The first-order valence-electron chi connectivity index (χ1n) is 8.68. The first kappa shape index (κ1) is 16.5. The van der Waals surface area contributed by atoms with Gasteiger partial charge in [0, 0.05) is 57.6 Å². The van der Waals surface area contributed by atoms with Crippen LogP contribution in [0.2, 0.25) is 0 Å². The van der Waals surface area contributed by atoms with Gasteiger partial charge < -0.3 is 14.6 Å². The van der Waals surface area contributed by atoms with Crippen molar-refractivity contribution in [2.45, 2.75) is 38.6 Å². The van der Waals surface area contributed by atoms with Crippen LogP contribution in [0.4, 0.5) is 0 Å². The monoisotopic (exact) mass is 320 g/mol. The summed E-state index contributed by atoms with van der Waals surface area (Å²) in [6, 6.07) is 0. The molecule has 1 N–H and O–H groups in total. The van der Waals surface area contributed by atoms with Crippen LogP contribution in [0.15, 0.2) is 12.4 Å². The minimum atomic E-state index is 0.270. The minimum absolute atomic E-state index is 0.270. The van der Waals surface area contributed by atoms with Crippen molar-refractivity contribution >= 4 is 5.91 Å². The Morgan fingerprint density at radius 3 is 3.09 bits per heavy atom. The third-order valence-corrected chi connectivity index (χ3v) is 5.19. The number of H-pyrrole nitrogens is 1. The maximum Gasteiger partial charge on any atom is 0.222 e. The SMILES string of the molecule is COCCCN1CC2(CCCN(Cc3ncc[nH]3)C2)CCC1=O. The Kier molecular flexibility index (Phi) is 5.33. The van der Waals surface area contributed by atoms with Crippen molar-refractivity contribution in [3.8, 4) is 0 Å². The molecule has 1 atom stereocenters. The van der Waals surface area contributed by atoms with Gasteiger partial charge in [0.05, 0.1) is 6.54 Å². The number of nitrogens with zero attached hydrogens (tertiary/aromatic N) is 3. The highest BCUT2D eigenvalue weighted by Crippen LogP contribution is 2.39. The number of methoxy groups -OCH3 is 1. The third kappa shape index (κ3) is 4.12. The Hall–Kier alpha value is -1.40. The summed E-state index contributed by atoms with van der Waals surface area (Å²) in [7, 11) is 1.72. The molecule has 0 aromatic carbocycles. The molecule has 23 heavy (non-hydrogen) atoms. The molecule has 2 fully saturated rings. The standard InChI is InChI=1S/C17H28N4O2/c1-23-11-3-10-21-14-17(6-4-16(21)22)5-2-9-20(13-17)12-15-18-7-8-19-15/h7-8H,2-6,9-14H2,1H3,(H,18,19). The molecular weight excluding hydrogens is 292 g/mol. The lowest BCUT2D eigenvalue weighted by atomic mass is 9.73. The smallest absolute Gasteiger partial charge is 0.222 e. The molecule has 1 spiro atoms. The van der Waals surface area contributed by atoms with Gasteiger partial charge in [-0.25, -0.2) is 4.98 Å². The second-order valence-corrected chi connectivity index (χ2v) is 7.01. The zero-order valence-electron chi connectivity index (χ0n) is 14.1. The van der Waals surface area contributed by atoms with Crippen LogP contribution in [0.25, 0.3) is 0 Å². The number of piperidine rings is 2. The molecule has 1 unspecified atom stereocenters. The molecule has 2 saturated heterocycles. The van der Waals surface area contributed by atoms with Gasteiger partial charge in [-0.3, -0.25) is 9.69 Å². The molecule has 2 aliphatic rings. The lowest BCUT2D eigenvalue weighted by Crippen LogP contribution is -2.54. The van der Waals surface area contributed by atoms with Gasteiger partial charge in [0.1, 0.15) is 5.82 Å². The van der Waals surface area contributed by atoms with Crippen molar-refractivity contribution < 1.29 is 9.53 Å². The summed E-state index contributed by atoms with van der Waals surface area (Å²) in [6.45, 7) is 5.53. The van der Waals surface area contributed by atoms with Crippen molar-refractivity contribution in [2.24, 2.45) is 5.41 Å². The van der Waals surface area contributed by atoms with Crippen LogP contribution in [-0.4, -0.2) is 65.6 Å². The Bertz CT molecular complexity index is 505. The Balaban J connectivity index is 1.59. The van der Waals surface area contributed by atoms with Crippen LogP contribution in [-0.2, 0) is 16.1 Å². The van der Waals surface area contributed by atoms with Gasteiger partial charge in [-0.15, -0.1) is 0 Å². The molecule has 0 bridgehead atoms. The fourth-order valence-electron chi connectivity index (χ4n) is 4.08. The molecule has 0 radical (unpaired) electrons. The second kappa shape index (κ2) is 7.45. The molecule has 6 heteroatoms. The van der Waals surface area contributed by atoms with Gasteiger partial charge in [0.15, 0.2) is 0 Å². The van der Waals surface area contributed by atoms with Gasteiger partial charge in [0.25, 0.3) is 0 Å². The topological polar surface area (TPSA) is 61.5 Å². The van der Waals surface area contributed by atoms with E-state index in [1.165, 1.54) is 12.8 Å². The minimum Gasteiger partial charge on any atom is -0.385 e. The first-order chi connectivity index (χ1) is 11.2. The largest absolute Gasteiger partial charge is 0.385 e. The van der Waals surface area contributed by atoms with E-state index in [2.05, 4.69) is 19.8 Å². The molecule has 1 aromatic heterocycles. The number of amides is 1. The van der Waals surface area contributed by atoms with E-state index in [0.717, 1.165) is 58.0 Å². The van der Waals surface area contributed by atoms with Gasteiger partial charge in [-0.2, -0.15) is 0 Å². The van der Waals surface area contributed by atoms with E-state index in [4.69, 9.17) is 4.74 Å². The summed E-state index contributed by atoms with van der Waals surface area (Å²) in [5.74, 6) is 1.35. The number of imidazole rings is 1. The van der Waals surface area contributed by atoms with Gasteiger partial charge in [0.2, 0.25) is 5.91 Å². The van der Waals surface area contributed by atoms with Gasteiger partial charge in [-0.05, 0) is 32.2 Å². The number of aromatic amines is 1. The molecule has 2 aliphatic heterocycles. The summed E-state index contributed by atoms with van der Waals surface area (Å²) in [4.78, 5) is 24.3. The number of hydrogen-bond acceptors (Lipinski definition) is 4. The number of carbonyl (C=O) groups is 1. The molecule has 6 nitrogen and oxygen atoms in total. The summed E-state index contributed by atoms with van der Waals surface area (Å²) in [5.41, 5.74) is 0.270. The molecule has 3 rings (SSSR count). The second-order valence-electron chi connectivity index (χ2n) is 7.01. The number of nitrogens with one attached hydrogen (secondary N) is 1. The summed E-state index contributed by atoms with van der Waals surface area (Å²) >= 11 is 0. The number of rotatable bonds is 6. The predicted octanol–water partition coefficient (Wildman–Crippen LogP) is 1.65. The molecule has 128 valence electrons. The quantitative estimate of drug-likeness (QED) is 0.810. The average Bonchev–Trinajstić information content (AvgIpc) is 3.04. The normalized spacial score (nSPS) is 26.1. The molecule has 3 heterocycles. The van der Waals surface area contributed by atoms with E-state index in [-0.39, 0.29) is 5.41 Å². The third-order valence-electron chi connectivity index (χ3n) is 5.19. The Labute approximate surface area is 138 Å². The Morgan fingerprint density at radius 2 is 2.30 bits per heavy atom. The van der Waals surface area contributed by atoms with Crippen molar-refractivity contribution in [2.75, 3.05) is 39.9 Å². The zero-order chi connectivity index (χ0) is 16.1. The van der Waals surface area contributed by atoms with Crippen molar-refractivity contribution in [3.05, 3.63) is 18.2 Å². The highest BCUT2D eigenvalue weighted by atomic mass is 16.5. The highest BCUT2D eigenvalue weighted by molar-refractivity contribution is 5.77. The van der Waals surface area contributed by atoms with Crippen LogP contribution in [0.5, 0.6) is 0 Å². The molecule has 1 aromatic rings. The van der Waals surface area contributed by atoms with E-state index in [9.17, 15) is 4.79 Å². The van der Waals surface area contributed by atoms with Gasteiger partial charge >= 0.3 is 0 Å². The highest BCUT2D eigenvalue weighted by Gasteiger charge is 2.41. The maximum absolute atomic E-state index is 12.2. The number of carbonyl (C=O) groups excluding carboxylic acids is 1. The summed E-state index contributed by atoms with van der Waals surface area (Å²) < 4.78 is 5.12. The predicted molar refractivity (Wildman–Crippen MR) is 87.8 cm³/mol. The number of ether oxygens (including phenoxy) is 1. The average molecular weight is 320 g/mol. The van der Waals surface area contributed by atoms with Crippen LogP contribution < -0.4 is 0 Å². The number of likely N-dealkylation sites (tertiary alicyclic amines) is 2. The summed E-state index contributed by atoms with van der Waals surface area (Å²) in [5, 5.41) is 0. The number of hydrogen-bond donors (Lipinski definition) is 1. The van der Waals surface area contributed by atoms with E-state index < -0.39 is 0 Å². The lowest BCUT2D eigenvalue weighted by Gasteiger charge is -2.48. The fraction of sp³-hybridized carbons (Fsp3) is 0.765. The van der Waals surface area contributed by atoms with E-state index in [1.54, 1.807) is 7.11 Å². The van der Waals surface area contributed by atoms with E-state index in [1.807, 2.05) is 12.4 Å². The van der Waals surface area contributed by atoms with Crippen LogP contribution >= 0.6 is 0 Å². The van der Waals surface area contributed by atoms with E-state index in [0.29, 0.717) is 12.3 Å². The molecule has 1 amide bonds. The summed E-state index contributed by atoms with van der Waals surface area (Å²) in [6.07, 6.45) is 8.78. The first-order valence-corrected chi connectivity index (χ1v) is 8.68. The van der Waals surface area contributed by atoms with Crippen molar-refractivity contribution in [1.29, 1.82) is 0 Å². The Morgan fingerprint density at radius 1 is 1.39 bits per heavy atom. The lowest BCUT2D eigenvalue weighted by molar-refractivity contribution is -0.139. The van der Waals surface area contributed by atoms with Crippen molar-refractivity contribution in [1.82, 2.24) is 19.8 Å². The van der Waals surface area contributed by atoms with Crippen LogP contribution in [0.1, 0.15) is 37.9 Å². The zero-order valence-corrected chi connectivity index (χ0v) is 14.1. The molecular formula is C17H28N4O2. The van der Waals surface area contributed by atoms with Crippen LogP contribution in [0.3, 0.4) is 0 Å². The van der Waals surface area contributed by atoms with Gasteiger partial charge in [-0.1, -0.05) is 0 Å². The van der Waals surface area contributed by atoms with E-state index >= 15 is 0 Å². The fourth-order valence-corrected chi connectivity index (χ4v) is 4.08.